The van der Waals surface area contributed by atoms with Crippen LogP contribution in [0.3, 0.4) is 0 Å². The molecule has 0 aliphatic carbocycles. The van der Waals surface area contributed by atoms with Crippen LogP contribution in [-0.2, 0) is 9.59 Å². The predicted octanol–water partition coefficient (Wildman–Crippen LogP) is 3.52. The summed E-state index contributed by atoms with van der Waals surface area (Å²) in [5.41, 5.74) is 1.58. The zero-order chi connectivity index (χ0) is 18.7. The maximum absolute atomic E-state index is 13.7. The molecule has 2 aromatic rings. The van der Waals surface area contributed by atoms with E-state index in [1.807, 2.05) is 19.1 Å². The van der Waals surface area contributed by atoms with Gasteiger partial charge in [-0.2, -0.15) is 0 Å². The molecule has 1 heterocycles. The lowest BCUT2D eigenvalue weighted by atomic mass is 10.2. The summed E-state index contributed by atoms with van der Waals surface area (Å²) < 4.78 is 26.6. The Hall–Kier alpha value is -2.74. The summed E-state index contributed by atoms with van der Waals surface area (Å²) in [5, 5.41) is 4.53. The summed E-state index contributed by atoms with van der Waals surface area (Å²) in [4.78, 5) is 28.6. The predicted molar refractivity (Wildman–Crippen MR) is 97.4 cm³/mol. The molecule has 0 aromatic heterocycles. The minimum Gasteiger partial charge on any atom is -0.323 e. The second-order valence-corrected chi connectivity index (χ2v) is 6.92. The highest BCUT2D eigenvalue weighted by Crippen LogP contribution is 2.25. The fourth-order valence-corrected chi connectivity index (χ4v) is 3.29. The number of nitrogens with one attached hydrogen (secondary N) is 2. The van der Waals surface area contributed by atoms with E-state index in [1.165, 1.54) is 0 Å². The Bertz CT molecular complexity index is 885. The lowest BCUT2D eigenvalue weighted by Crippen LogP contribution is -2.42. The van der Waals surface area contributed by atoms with Crippen LogP contribution in [0.2, 0.25) is 0 Å². The van der Waals surface area contributed by atoms with Crippen LogP contribution in [0.1, 0.15) is 12.0 Å². The highest BCUT2D eigenvalue weighted by molar-refractivity contribution is 8.15. The standard InChI is InChI=1S/C18H15F2N3O2S/c1-10-2-5-12(6-3-10)21-18-23-16(24)9-15(26-18)17(25)22-14-7-4-11(19)8-13(14)20/h2-8,15H,9H2,1H3,(H,22,25)(H,21,23,24). The molecule has 3 rings (SSSR count). The number of amides is 2. The maximum atomic E-state index is 13.7. The fourth-order valence-electron chi connectivity index (χ4n) is 2.29. The van der Waals surface area contributed by atoms with E-state index >= 15 is 0 Å². The Morgan fingerprint density at radius 3 is 2.65 bits per heavy atom. The fraction of sp³-hybridized carbons (Fsp3) is 0.167. The minimum atomic E-state index is -0.878. The molecule has 0 radical (unpaired) electrons. The van der Waals surface area contributed by atoms with Crippen LogP contribution in [0.4, 0.5) is 20.2 Å². The molecule has 1 aliphatic rings. The zero-order valence-corrected chi connectivity index (χ0v) is 14.6. The number of aliphatic imine (C=N–C) groups is 1. The van der Waals surface area contributed by atoms with Crippen molar-refractivity contribution >= 4 is 40.1 Å². The number of hydrogen-bond donors (Lipinski definition) is 2. The van der Waals surface area contributed by atoms with Gasteiger partial charge in [-0.15, -0.1) is 0 Å². The van der Waals surface area contributed by atoms with Crippen LogP contribution in [0.15, 0.2) is 47.5 Å². The molecule has 26 heavy (non-hydrogen) atoms. The van der Waals surface area contributed by atoms with E-state index in [1.54, 1.807) is 12.1 Å². The van der Waals surface area contributed by atoms with Crippen LogP contribution >= 0.6 is 11.8 Å². The van der Waals surface area contributed by atoms with Crippen LogP contribution in [-0.4, -0.2) is 22.2 Å². The molecule has 134 valence electrons. The van der Waals surface area contributed by atoms with Crippen molar-refractivity contribution in [1.29, 1.82) is 0 Å². The van der Waals surface area contributed by atoms with E-state index < -0.39 is 22.8 Å². The molecular weight excluding hydrogens is 360 g/mol. The average Bonchev–Trinajstić information content (AvgIpc) is 2.59. The third kappa shape index (κ3) is 4.45. The van der Waals surface area contributed by atoms with Crippen molar-refractivity contribution in [3.8, 4) is 0 Å². The first kappa shape index (κ1) is 18.1. The number of carbonyl (C=O) groups is 2. The summed E-state index contributed by atoms with van der Waals surface area (Å²) in [7, 11) is 0. The van der Waals surface area contributed by atoms with Gasteiger partial charge < -0.3 is 10.6 Å². The van der Waals surface area contributed by atoms with Crippen molar-refractivity contribution in [2.45, 2.75) is 18.6 Å². The van der Waals surface area contributed by atoms with Crippen molar-refractivity contribution < 1.29 is 18.4 Å². The van der Waals surface area contributed by atoms with Gasteiger partial charge in [0.1, 0.15) is 16.9 Å². The summed E-state index contributed by atoms with van der Waals surface area (Å²) in [5.74, 6) is -2.52. The molecule has 2 amide bonds. The van der Waals surface area contributed by atoms with E-state index in [-0.39, 0.29) is 18.0 Å². The first-order chi connectivity index (χ1) is 12.4. The molecule has 0 bridgehead atoms. The molecule has 5 nitrogen and oxygen atoms in total. The zero-order valence-electron chi connectivity index (χ0n) is 13.8. The van der Waals surface area contributed by atoms with E-state index in [4.69, 9.17) is 0 Å². The second kappa shape index (κ2) is 7.65. The Morgan fingerprint density at radius 2 is 1.96 bits per heavy atom. The molecule has 2 N–H and O–H groups in total. The van der Waals surface area contributed by atoms with Crippen molar-refractivity contribution in [2.24, 2.45) is 4.99 Å². The largest absolute Gasteiger partial charge is 0.323 e. The van der Waals surface area contributed by atoms with Gasteiger partial charge in [-0.3, -0.25) is 9.59 Å². The first-order valence-corrected chi connectivity index (χ1v) is 8.66. The number of thioether (sulfide) groups is 1. The van der Waals surface area contributed by atoms with Crippen LogP contribution in [0.5, 0.6) is 0 Å². The third-order valence-electron chi connectivity index (χ3n) is 3.62. The Kier molecular flexibility index (Phi) is 5.32. The molecule has 1 saturated heterocycles. The van der Waals surface area contributed by atoms with E-state index in [0.717, 1.165) is 29.5 Å². The third-order valence-corrected chi connectivity index (χ3v) is 4.70. The highest BCUT2D eigenvalue weighted by atomic mass is 32.2. The minimum absolute atomic E-state index is 0.0633. The van der Waals surface area contributed by atoms with Crippen LogP contribution in [0.25, 0.3) is 0 Å². The number of nitrogens with zero attached hydrogens (tertiary/aromatic N) is 1. The van der Waals surface area contributed by atoms with Gasteiger partial charge in [0, 0.05) is 12.5 Å². The van der Waals surface area contributed by atoms with Crippen molar-refractivity contribution in [3.05, 3.63) is 59.7 Å². The highest BCUT2D eigenvalue weighted by Gasteiger charge is 2.30. The molecule has 1 atom stereocenters. The normalized spacial score (nSPS) is 18.5. The molecule has 1 aliphatic heterocycles. The van der Waals surface area contributed by atoms with Gasteiger partial charge in [0.05, 0.1) is 11.4 Å². The Morgan fingerprint density at radius 1 is 1.23 bits per heavy atom. The number of amidine groups is 1. The molecule has 0 saturated carbocycles. The summed E-state index contributed by atoms with van der Waals surface area (Å²) in [6.07, 6.45) is -0.0633. The summed E-state index contributed by atoms with van der Waals surface area (Å²) in [6, 6.07) is 10.2. The van der Waals surface area contributed by atoms with Gasteiger partial charge >= 0.3 is 0 Å². The molecule has 1 fully saturated rings. The molecule has 8 heteroatoms. The topological polar surface area (TPSA) is 70.6 Å². The number of aryl methyl sites for hydroxylation is 1. The van der Waals surface area contributed by atoms with Gasteiger partial charge in [-0.1, -0.05) is 29.5 Å². The van der Waals surface area contributed by atoms with Gasteiger partial charge in [0.15, 0.2) is 5.17 Å². The van der Waals surface area contributed by atoms with Gasteiger partial charge in [-0.05, 0) is 31.2 Å². The number of benzene rings is 2. The number of halogens is 2. The Balaban J connectivity index is 1.74. The van der Waals surface area contributed by atoms with Crippen LogP contribution in [0, 0.1) is 18.6 Å². The van der Waals surface area contributed by atoms with Crippen molar-refractivity contribution in [3.63, 3.8) is 0 Å². The first-order valence-electron chi connectivity index (χ1n) is 7.78. The number of hydrogen-bond acceptors (Lipinski definition) is 4. The lowest BCUT2D eigenvalue weighted by molar-refractivity contribution is -0.123. The maximum Gasteiger partial charge on any atom is 0.238 e. The van der Waals surface area contributed by atoms with Gasteiger partial charge in [0.2, 0.25) is 11.8 Å². The van der Waals surface area contributed by atoms with Crippen molar-refractivity contribution in [2.75, 3.05) is 5.32 Å². The Labute approximate surface area is 152 Å². The quantitative estimate of drug-likeness (QED) is 0.862. The van der Waals surface area contributed by atoms with Crippen molar-refractivity contribution in [1.82, 2.24) is 5.32 Å². The molecule has 0 spiro atoms. The lowest BCUT2D eigenvalue weighted by Gasteiger charge is -2.22. The molecular formula is C18H15F2N3O2S. The summed E-state index contributed by atoms with van der Waals surface area (Å²) >= 11 is 1.08. The van der Waals surface area contributed by atoms with E-state index in [2.05, 4.69) is 15.6 Å². The second-order valence-electron chi connectivity index (χ2n) is 5.72. The smallest absolute Gasteiger partial charge is 0.238 e. The average molecular weight is 375 g/mol. The summed E-state index contributed by atoms with van der Waals surface area (Å²) in [6.45, 7) is 1.95. The number of rotatable bonds is 3. The number of anilines is 1. The van der Waals surface area contributed by atoms with E-state index in [9.17, 15) is 18.4 Å². The molecule has 1 unspecified atom stereocenters. The van der Waals surface area contributed by atoms with Gasteiger partial charge in [-0.25, -0.2) is 13.8 Å². The SMILES string of the molecule is Cc1ccc(N=C2NC(=O)CC(C(=O)Nc3ccc(F)cc3F)S2)cc1. The van der Waals surface area contributed by atoms with Crippen LogP contribution < -0.4 is 10.6 Å². The molecule has 2 aromatic carbocycles. The van der Waals surface area contributed by atoms with E-state index in [0.29, 0.717) is 16.9 Å². The van der Waals surface area contributed by atoms with Gasteiger partial charge in [0.25, 0.3) is 0 Å². The monoisotopic (exact) mass is 375 g/mol. The number of carbonyl (C=O) groups excluding carboxylic acids is 2.